The third-order valence-electron chi connectivity index (χ3n) is 7.38. The van der Waals surface area contributed by atoms with Crippen LogP contribution in [0.3, 0.4) is 0 Å². The minimum Gasteiger partial charge on any atom is -0.491 e. The fourth-order valence-electron chi connectivity index (χ4n) is 5.22. The highest BCUT2D eigenvalue weighted by Gasteiger charge is 2.46. The predicted octanol–water partition coefficient (Wildman–Crippen LogP) is 3.38. The van der Waals surface area contributed by atoms with Crippen molar-refractivity contribution in [2.75, 3.05) is 39.4 Å². The molecule has 2 amide bonds. The fraction of sp³-hybridized carbons (Fsp3) is 0.607. The van der Waals surface area contributed by atoms with E-state index in [1.54, 1.807) is 10.9 Å². The van der Waals surface area contributed by atoms with Crippen LogP contribution in [0.15, 0.2) is 36.5 Å². The highest BCUT2D eigenvalue weighted by atomic mass is 16.5. The molecular formula is C28H40N4O4. The Labute approximate surface area is 214 Å². The van der Waals surface area contributed by atoms with Crippen molar-refractivity contribution in [1.82, 2.24) is 19.6 Å². The van der Waals surface area contributed by atoms with Crippen LogP contribution in [0, 0.1) is 0 Å². The Morgan fingerprint density at radius 3 is 2.81 bits per heavy atom. The number of rotatable bonds is 6. The molecule has 196 valence electrons. The molecule has 1 aromatic carbocycles. The molecular weight excluding hydrogens is 456 g/mol. The van der Waals surface area contributed by atoms with Gasteiger partial charge in [-0.05, 0) is 56.2 Å². The Balaban J connectivity index is 1.50. The normalized spacial score (nSPS) is 21.4. The maximum absolute atomic E-state index is 14.0. The number of amides is 2. The van der Waals surface area contributed by atoms with E-state index in [0.717, 1.165) is 43.5 Å². The van der Waals surface area contributed by atoms with E-state index in [1.807, 2.05) is 41.1 Å². The van der Waals surface area contributed by atoms with E-state index in [0.29, 0.717) is 58.7 Å². The number of aromatic nitrogens is 2. The summed E-state index contributed by atoms with van der Waals surface area (Å²) in [6.07, 6.45) is 7.99. The van der Waals surface area contributed by atoms with E-state index >= 15 is 0 Å². The molecule has 0 aliphatic carbocycles. The molecule has 1 unspecified atom stereocenters. The molecule has 1 aromatic heterocycles. The Morgan fingerprint density at radius 2 is 2.00 bits per heavy atom. The first-order valence-electron chi connectivity index (χ1n) is 13.4. The number of para-hydroxylation sites is 1. The van der Waals surface area contributed by atoms with Crippen LogP contribution < -0.4 is 4.74 Å². The topological polar surface area (TPSA) is 76.9 Å². The van der Waals surface area contributed by atoms with Crippen LogP contribution in [0.1, 0.15) is 56.7 Å². The Morgan fingerprint density at radius 1 is 1.14 bits per heavy atom. The Hall–Kier alpha value is -2.87. The summed E-state index contributed by atoms with van der Waals surface area (Å²) in [5.41, 5.74) is 1.24. The van der Waals surface area contributed by atoms with Crippen LogP contribution in [-0.2, 0) is 34.2 Å². The van der Waals surface area contributed by atoms with Crippen molar-refractivity contribution >= 4 is 11.8 Å². The molecule has 4 rings (SSSR count). The molecule has 1 saturated heterocycles. The van der Waals surface area contributed by atoms with Gasteiger partial charge in [0.2, 0.25) is 5.91 Å². The predicted molar refractivity (Wildman–Crippen MR) is 138 cm³/mol. The molecule has 1 atom stereocenters. The number of unbranched alkanes of at least 4 members (excludes halogenated alkanes) is 1. The second-order valence-corrected chi connectivity index (χ2v) is 9.91. The average molecular weight is 497 g/mol. The SMILES string of the molecule is CCCCN1CCOc2ccccc2CCCCC2(CN(C(=O)CCc3ccnn3C)CCO2)C1=O. The van der Waals surface area contributed by atoms with Gasteiger partial charge < -0.3 is 19.3 Å². The molecule has 0 bridgehead atoms. The summed E-state index contributed by atoms with van der Waals surface area (Å²) in [6.45, 7) is 4.96. The molecule has 2 aliphatic rings. The van der Waals surface area contributed by atoms with Crippen LogP contribution in [0.5, 0.6) is 5.75 Å². The van der Waals surface area contributed by atoms with Gasteiger partial charge in [-0.2, -0.15) is 5.10 Å². The Kier molecular flexibility index (Phi) is 9.02. The van der Waals surface area contributed by atoms with Crippen molar-refractivity contribution in [3.05, 3.63) is 47.8 Å². The van der Waals surface area contributed by atoms with Crippen LogP contribution >= 0.6 is 0 Å². The number of carbonyl (C=O) groups is 2. The van der Waals surface area contributed by atoms with E-state index in [1.165, 1.54) is 5.56 Å². The number of ether oxygens (including phenoxy) is 2. The molecule has 0 radical (unpaired) electrons. The minimum atomic E-state index is -0.993. The first-order valence-corrected chi connectivity index (χ1v) is 13.4. The van der Waals surface area contributed by atoms with E-state index in [9.17, 15) is 9.59 Å². The van der Waals surface area contributed by atoms with Crippen molar-refractivity contribution < 1.29 is 19.1 Å². The number of fused-ring (bicyclic) bond motifs is 1. The highest BCUT2D eigenvalue weighted by molar-refractivity contribution is 5.87. The van der Waals surface area contributed by atoms with Gasteiger partial charge in [0.1, 0.15) is 12.4 Å². The van der Waals surface area contributed by atoms with Gasteiger partial charge in [-0.3, -0.25) is 14.3 Å². The third-order valence-corrected chi connectivity index (χ3v) is 7.38. The maximum atomic E-state index is 14.0. The van der Waals surface area contributed by atoms with Crippen molar-refractivity contribution in [2.45, 2.75) is 63.9 Å². The number of hydrogen-bond acceptors (Lipinski definition) is 5. The lowest BCUT2D eigenvalue weighted by Gasteiger charge is -2.44. The molecule has 8 nitrogen and oxygen atoms in total. The van der Waals surface area contributed by atoms with E-state index < -0.39 is 5.60 Å². The van der Waals surface area contributed by atoms with Gasteiger partial charge in [0.25, 0.3) is 5.91 Å². The van der Waals surface area contributed by atoms with Crippen LogP contribution in [-0.4, -0.2) is 76.4 Å². The van der Waals surface area contributed by atoms with Gasteiger partial charge in [-0.15, -0.1) is 0 Å². The lowest BCUT2D eigenvalue weighted by atomic mass is 9.90. The molecule has 0 N–H and O–H groups in total. The largest absolute Gasteiger partial charge is 0.491 e. The summed E-state index contributed by atoms with van der Waals surface area (Å²) in [6, 6.07) is 10.1. The summed E-state index contributed by atoms with van der Waals surface area (Å²) < 4.78 is 14.2. The zero-order valence-electron chi connectivity index (χ0n) is 21.8. The summed E-state index contributed by atoms with van der Waals surface area (Å²) in [5, 5.41) is 4.19. The van der Waals surface area contributed by atoms with Gasteiger partial charge in [0.15, 0.2) is 5.60 Å². The number of nitrogens with zero attached hydrogens (tertiary/aromatic N) is 4. The van der Waals surface area contributed by atoms with E-state index in [2.05, 4.69) is 18.1 Å². The smallest absolute Gasteiger partial charge is 0.256 e. The molecule has 3 heterocycles. The first kappa shape index (κ1) is 26.2. The zero-order chi connectivity index (χ0) is 25.4. The van der Waals surface area contributed by atoms with Crippen molar-refractivity contribution in [3.63, 3.8) is 0 Å². The number of morpholine rings is 1. The summed E-state index contributed by atoms with van der Waals surface area (Å²) >= 11 is 0. The maximum Gasteiger partial charge on any atom is 0.256 e. The number of aryl methyl sites for hydroxylation is 3. The van der Waals surface area contributed by atoms with E-state index in [-0.39, 0.29) is 11.8 Å². The quantitative estimate of drug-likeness (QED) is 0.613. The van der Waals surface area contributed by atoms with Crippen molar-refractivity contribution in [2.24, 2.45) is 7.05 Å². The van der Waals surface area contributed by atoms with Crippen LogP contribution in [0.4, 0.5) is 0 Å². The summed E-state index contributed by atoms with van der Waals surface area (Å²) in [4.78, 5) is 31.0. The Bertz CT molecular complexity index is 1020. The standard InChI is InChI=1S/C28H40N4O4/c1-3-4-17-31-18-20-35-25-11-6-5-9-23(25)10-7-8-15-28(27(31)34)22-32(19-21-36-28)26(33)13-12-24-14-16-29-30(24)2/h5-6,9,11,14,16H,3-4,7-8,10,12-13,15,17-22H2,1-2H3. The first-order chi connectivity index (χ1) is 17.5. The zero-order valence-corrected chi connectivity index (χ0v) is 21.8. The van der Waals surface area contributed by atoms with Gasteiger partial charge >= 0.3 is 0 Å². The van der Waals surface area contributed by atoms with Crippen LogP contribution in [0.25, 0.3) is 0 Å². The molecule has 36 heavy (non-hydrogen) atoms. The van der Waals surface area contributed by atoms with Gasteiger partial charge in [-0.1, -0.05) is 31.5 Å². The van der Waals surface area contributed by atoms with Crippen molar-refractivity contribution in [3.8, 4) is 5.75 Å². The number of hydrogen-bond donors (Lipinski definition) is 0. The molecule has 0 saturated carbocycles. The minimum absolute atomic E-state index is 0.00227. The van der Waals surface area contributed by atoms with Gasteiger partial charge in [0, 0.05) is 38.4 Å². The lowest BCUT2D eigenvalue weighted by molar-refractivity contribution is -0.176. The second-order valence-electron chi connectivity index (χ2n) is 9.91. The second kappa shape index (κ2) is 12.4. The van der Waals surface area contributed by atoms with Crippen molar-refractivity contribution in [1.29, 1.82) is 0 Å². The molecule has 1 fully saturated rings. The molecule has 2 aliphatic heterocycles. The molecule has 8 heteroatoms. The fourth-order valence-corrected chi connectivity index (χ4v) is 5.22. The van der Waals surface area contributed by atoms with E-state index in [4.69, 9.17) is 9.47 Å². The lowest BCUT2D eigenvalue weighted by Crippen LogP contribution is -2.62. The molecule has 2 aromatic rings. The summed E-state index contributed by atoms with van der Waals surface area (Å²) in [7, 11) is 1.89. The summed E-state index contributed by atoms with van der Waals surface area (Å²) in [5.74, 6) is 0.975. The van der Waals surface area contributed by atoms with Crippen LogP contribution in [0.2, 0.25) is 0 Å². The number of benzene rings is 1. The van der Waals surface area contributed by atoms with Gasteiger partial charge in [-0.25, -0.2) is 0 Å². The monoisotopic (exact) mass is 496 g/mol. The average Bonchev–Trinajstić information content (AvgIpc) is 3.31. The highest BCUT2D eigenvalue weighted by Crippen LogP contribution is 2.30. The number of carbonyl (C=O) groups excluding carboxylic acids is 2. The van der Waals surface area contributed by atoms with Gasteiger partial charge in [0.05, 0.1) is 19.7 Å². The third kappa shape index (κ3) is 6.27. The molecule has 1 spiro atoms.